The Kier molecular flexibility index (Phi) is 3.30. The van der Waals surface area contributed by atoms with E-state index in [0.717, 1.165) is 16.5 Å². The molecule has 0 saturated carbocycles. The molecule has 0 fully saturated rings. The Labute approximate surface area is 98.2 Å². The lowest BCUT2D eigenvalue weighted by Crippen LogP contribution is -2.27. The molecule has 5 heteroatoms. The number of amides is 1. The number of H-pyrrole nitrogens is 1. The third kappa shape index (κ3) is 2.57. The molecule has 0 bridgehead atoms. The first-order chi connectivity index (χ1) is 8.20. The van der Waals surface area contributed by atoms with Gasteiger partial charge in [0.1, 0.15) is 6.10 Å². The summed E-state index contributed by atoms with van der Waals surface area (Å²) in [5.74, 6) is 0. The molecule has 1 aromatic carbocycles. The van der Waals surface area contributed by atoms with Crippen LogP contribution in [0.3, 0.4) is 0 Å². The second kappa shape index (κ2) is 4.88. The molecule has 17 heavy (non-hydrogen) atoms. The molecule has 1 unspecified atom stereocenters. The van der Waals surface area contributed by atoms with E-state index in [1.165, 1.54) is 0 Å². The number of aromatic amines is 1. The normalized spacial score (nSPS) is 12.5. The van der Waals surface area contributed by atoms with Crippen LogP contribution in [0.2, 0.25) is 0 Å². The van der Waals surface area contributed by atoms with Gasteiger partial charge in [-0.3, -0.25) is 0 Å². The molecule has 0 aliphatic carbocycles. The summed E-state index contributed by atoms with van der Waals surface area (Å²) < 4.78 is 4.80. The number of hydrogen-bond donors (Lipinski definition) is 3. The molecule has 0 spiro atoms. The average molecular weight is 234 g/mol. The highest BCUT2D eigenvalue weighted by atomic mass is 16.6. The number of fused-ring (bicyclic) bond motifs is 1. The van der Waals surface area contributed by atoms with E-state index in [-0.39, 0.29) is 6.61 Å². The molecule has 4 N–H and O–H groups in total. The number of aromatic nitrogens is 1. The van der Waals surface area contributed by atoms with Crippen molar-refractivity contribution in [2.24, 2.45) is 5.73 Å². The van der Waals surface area contributed by atoms with Crippen LogP contribution in [0.4, 0.5) is 4.79 Å². The standard InChI is InChI=1S/C12H14N2O3/c13-12(16)17-9(7-15)5-8-6-14-11-4-2-1-3-10(8)11/h1-4,6,9,14-15H,5,7H2,(H2,13,16). The fourth-order valence-electron chi connectivity index (χ4n) is 1.85. The minimum Gasteiger partial charge on any atom is -0.444 e. The Bertz CT molecular complexity index is 521. The van der Waals surface area contributed by atoms with Crippen molar-refractivity contribution in [3.8, 4) is 0 Å². The number of nitrogens with one attached hydrogen (secondary N) is 1. The molecule has 90 valence electrons. The predicted molar refractivity (Wildman–Crippen MR) is 63.5 cm³/mol. The number of hydrogen-bond acceptors (Lipinski definition) is 3. The van der Waals surface area contributed by atoms with E-state index in [4.69, 9.17) is 15.6 Å². The Balaban J connectivity index is 2.19. The van der Waals surface area contributed by atoms with Crippen molar-refractivity contribution in [1.82, 2.24) is 4.98 Å². The summed E-state index contributed by atoms with van der Waals surface area (Å²) in [5, 5.41) is 10.2. The maximum absolute atomic E-state index is 10.6. The van der Waals surface area contributed by atoms with Crippen molar-refractivity contribution in [1.29, 1.82) is 0 Å². The van der Waals surface area contributed by atoms with Gasteiger partial charge in [-0.25, -0.2) is 4.79 Å². The van der Waals surface area contributed by atoms with Crippen LogP contribution in [0.25, 0.3) is 10.9 Å². The molecule has 0 aliphatic rings. The van der Waals surface area contributed by atoms with Crippen LogP contribution in [0.15, 0.2) is 30.5 Å². The molecule has 2 aromatic rings. The Hall–Kier alpha value is -2.01. The smallest absolute Gasteiger partial charge is 0.404 e. The fourth-order valence-corrected chi connectivity index (χ4v) is 1.85. The summed E-state index contributed by atoms with van der Waals surface area (Å²) in [6.45, 7) is -0.248. The third-order valence-corrected chi connectivity index (χ3v) is 2.61. The molecule has 5 nitrogen and oxygen atoms in total. The van der Waals surface area contributed by atoms with Gasteiger partial charge in [0, 0.05) is 23.5 Å². The summed E-state index contributed by atoms with van der Waals surface area (Å²) in [6, 6.07) is 7.80. The molecule has 0 saturated heterocycles. The first-order valence-corrected chi connectivity index (χ1v) is 5.32. The van der Waals surface area contributed by atoms with Gasteiger partial charge < -0.3 is 20.6 Å². The van der Waals surface area contributed by atoms with E-state index in [1.54, 1.807) is 0 Å². The maximum Gasteiger partial charge on any atom is 0.404 e. The molecule has 1 atom stereocenters. The van der Waals surface area contributed by atoms with E-state index < -0.39 is 12.2 Å². The van der Waals surface area contributed by atoms with Crippen molar-refractivity contribution >= 4 is 17.0 Å². The zero-order valence-corrected chi connectivity index (χ0v) is 9.22. The molecule has 0 aliphatic heterocycles. The number of primary amides is 1. The molecular formula is C12H14N2O3. The van der Waals surface area contributed by atoms with Gasteiger partial charge in [0.2, 0.25) is 0 Å². The average Bonchev–Trinajstić information content (AvgIpc) is 2.71. The Morgan fingerprint density at radius 2 is 2.24 bits per heavy atom. The van der Waals surface area contributed by atoms with E-state index in [0.29, 0.717) is 6.42 Å². The van der Waals surface area contributed by atoms with Crippen molar-refractivity contribution in [2.75, 3.05) is 6.61 Å². The zero-order chi connectivity index (χ0) is 12.3. The molecular weight excluding hydrogens is 220 g/mol. The topological polar surface area (TPSA) is 88.3 Å². The highest BCUT2D eigenvalue weighted by Gasteiger charge is 2.14. The second-order valence-corrected chi connectivity index (χ2v) is 3.81. The van der Waals surface area contributed by atoms with Crippen molar-refractivity contribution in [3.63, 3.8) is 0 Å². The lowest BCUT2D eigenvalue weighted by Gasteiger charge is -2.13. The quantitative estimate of drug-likeness (QED) is 0.741. The van der Waals surface area contributed by atoms with Gasteiger partial charge in [0.25, 0.3) is 0 Å². The van der Waals surface area contributed by atoms with Crippen LogP contribution in [-0.2, 0) is 11.2 Å². The highest BCUT2D eigenvalue weighted by molar-refractivity contribution is 5.83. The lowest BCUT2D eigenvalue weighted by molar-refractivity contribution is 0.0641. The number of rotatable bonds is 4. The Morgan fingerprint density at radius 1 is 1.47 bits per heavy atom. The number of ether oxygens (including phenoxy) is 1. The van der Waals surface area contributed by atoms with Gasteiger partial charge in [0.15, 0.2) is 0 Å². The minimum absolute atomic E-state index is 0.248. The monoisotopic (exact) mass is 234 g/mol. The number of para-hydroxylation sites is 1. The highest BCUT2D eigenvalue weighted by Crippen LogP contribution is 2.19. The van der Waals surface area contributed by atoms with Crippen LogP contribution in [-0.4, -0.2) is 28.9 Å². The van der Waals surface area contributed by atoms with Crippen molar-refractivity contribution < 1.29 is 14.6 Å². The SMILES string of the molecule is NC(=O)OC(CO)Cc1c[nH]c2ccccc12. The van der Waals surface area contributed by atoms with Crippen LogP contribution in [0, 0.1) is 0 Å². The van der Waals surface area contributed by atoms with Crippen LogP contribution >= 0.6 is 0 Å². The van der Waals surface area contributed by atoms with Gasteiger partial charge in [-0.05, 0) is 11.6 Å². The second-order valence-electron chi connectivity index (χ2n) is 3.81. The largest absolute Gasteiger partial charge is 0.444 e. The fraction of sp³-hybridized carbons (Fsp3) is 0.250. The predicted octanol–water partition coefficient (Wildman–Crippen LogP) is 1.17. The number of aliphatic hydroxyl groups excluding tert-OH is 1. The first kappa shape index (κ1) is 11.5. The van der Waals surface area contributed by atoms with Crippen LogP contribution < -0.4 is 5.73 Å². The summed E-state index contributed by atoms with van der Waals surface area (Å²) in [5.41, 5.74) is 6.93. The molecule has 1 amide bonds. The van der Waals surface area contributed by atoms with E-state index in [1.807, 2.05) is 30.5 Å². The minimum atomic E-state index is -0.871. The lowest BCUT2D eigenvalue weighted by atomic mass is 10.1. The Morgan fingerprint density at radius 3 is 2.94 bits per heavy atom. The first-order valence-electron chi connectivity index (χ1n) is 5.32. The van der Waals surface area contributed by atoms with Crippen LogP contribution in [0.1, 0.15) is 5.56 Å². The number of aliphatic hydroxyl groups is 1. The molecule has 1 aromatic heterocycles. The van der Waals surface area contributed by atoms with Crippen molar-refractivity contribution in [2.45, 2.75) is 12.5 Å². The number of benzene rings is 1. The number of carbonyl (C=O) groups excluding carboxylic acids is 1. The zero-order valence-electron chi connectivity index (χ0n) is 9.22. The van der Waals surface area contributed by atoms with Gasteiger partial charge >= 0.3 is 6.09 Å². The summed E-state index contributed by atoms with van der Waals surface area (Å²) >= 11 is 0. The summed E-state index contributed by atoms with van der Waals surface area (Å²) in [6.07, 6.45) is 0.803. The van der Waals surface area contributed by atoms with Crippen molar-refractivity contribution in [3.05, 3.63) is 36.0 Å². The van der Waals surface area contributed by atoms with Gasteiger partial charge in [-0.1, -0.05) is 18.2 Å². The van der Waals surface area contributed by atoms with Crippen LogP contribution in [0.5, 0.6) is 0 Å². The van der Waals surface area contributed by atoms with E-state index in [2.05, 4.69) is 4.98 Å². The molecule has 2 rings (SSSR count). The van der Waals surface area contributed by atoms with E-state index in [9.17, 15) is 4.79 Å². The summed E-state index contributed by atoms with van der Waals surface area (Å²) in [4.78, 5) is 13.8. The molecule has 1 heterocycles. The number of nitrogens with two attached hydrogens (primary N) is 1. The maximum atomic E-state index is 10.6. The van der Waals surface area contributed by atoms with Gasteiger partial charge in [-0.15, -0.1) is 0 Å². The number of carbonyl (C=O) groups is 1. The molecule has 0 radical (unpaired) electrons. The third-order valence-electron chi connectivity index (χ3n) is 2.61. The van der Waals surface area contributed by atoms with E-state index >= 15 is 0 Å². The van der Waals surface area contributed by atoms with Gasteiger partial charge in [-0.2, -0.15) is 0 Å². The van der Waals surface area contributed by atoms with Gasteiger partial charge in [0.05, 0.1) is 6.61 Å². The summed E-state index contributed by atoms with van der Waals surface area (Å²) in [7, 11) is 0.